The van der Waals surface area contributed by atoms with Crippen LogP contribution < -0.4 is 10.1 Å². The summed E-state index contributed by atoms with van der Waals surface area (Å²) in [6.07, 6.45) is 0.124. The van der Waals surface area contributed by atoms with Crippen molar-refractivity contribution in [1.82, 2.24) is 5.32 Å². The standard InChI is InChI=1S/C11H13NO3/c1-15-8-2-3-9-7(4-8)6-12-10(9)5-11(13)14/h2-4,10,12H,5-6H2,1H3,(H,13,14). The molecule has 1 atom stereocenters. The van der Waals surface area contributed by atoms with Crippen LogP contribution in [0.4, 0.5) is 0 Å². The normalized spacial score (nSPS) is 18.6. The van der Waals surface area contributed by atoms with E-state index >= 15 is 0 Å². The van der Waals surface area contributed by atoms with E-state index in [1.54, 1.807) is 7.11 Å². The minimum absolute atomic E-state index is 0.0663. The molecule has 2 rings (SSSR count). The predicted octanol–water partition coefficient (Wildman–Crippen LogP) is 1.31. The number of ether oxygens (including phenoxy) is 1. The zero-order valence-electron chi connectivity index (χ0n) is 8.49. The Hall–Kier alpha value is -1.55. The highest BCUT2D eigenvalue weighted by molar-refractivity contribution is 5.68. The highest BCUT2D eigenvalue weighted by atomic mass is 16.5. The molecular weight excluding hydrogens is 194 g/mol. The molecule has 0 amide bonds. The molecule has 0 saturated heterocycles. The van der Waals surface area contributed by atoms with Crippen LogP contribution >= 0.6 is 0 Å². The van der Waals surface area contributed by atoms with Crippen LogP contribution in [0.15, 0.2) is 18.2 Å². The van der Waals surface area contributed by atoms with Gasteiger partial charge in [0.25, 0.3) is 0 Å². The third kappa shape index (κ3) is 1.94. The number of carbonyl (C=O) groups is 1. The van der Waals surface area contributed by atoms with Crippen LogP contribution in [0.1, 0.15) is 23.6 Å². The van der Waals surface area contributed by atoms with Crippen LogP contribution in [-0.2, 0) is 11.3 Å². The van der Waals surface area contributed by atoms with Crippen molar-refractivity contribution < 1.29 is 14.6 Å². The molecule has 0 bridgehead atoms. The largest absolute Gasteiger partial charge is 0.497 e. The first-order chi connectivity index (χ1) is 7.20. The van der Waals surface area contributed by atoms with Gasteiger partial charge in [-0.05, 0) is 23.3 Å². The van der Waals surface area contributed by atoms with Crippen molar-refractivity contribution in [3.63, 3.8) is 0 Å². The highest BCUT2D eigenvalue weighted by Gasteiger charge is 2.23. The minimum Gasteiger partial charge on any atom is -0.497 e. The Labute approximate surface area is 87.9 Å². The molecule has 4 nitrogen and oxygen atoms in total. The number of nitrogens with one attached hydrogen (secondary N) is 1. The number of aliphatic carboxylic acids is 1. The van der Waals surface area contributed by atoms with Gasteiger partial charge in [0, 0.05) is 12.6 Å². The van der Waals surface area contributed by atoms with Crippen LogP contribution in [0.3, 0.4) is 0 Å². The number of carboxylic acid groups (broad SMARTS) is 1. The SMILES string of the molecule is COc1ccc2c(c1)CNC2CC(=O)O. The Morgan fingerprint density at radius 3 is 3.13 bits per heavy atom. The Balaban J connectivity index is 2.24. The van der Waals surface area contributed by atoms with Gasteiger partial charge in [0.05, 0.1) is 13.5 Å². The third-order valence-corrected chi connectivity index (χ3v) is 2.64. The zero-order valence-corrected chi connectivity index (χ0v) is 8.49. The first-order valence-electron chi connectivity index (χ1n) is 4.82. The van der Waals surface area contributed by atoms with Gasteiger partial charge in [0.2, 0.25) is 0 Å². The van der Waals surface area contributed by atoms with Crippen LogP contribution in [0.2, 0.25) is 0 Å². The van der Waals surface area contributed by atoms with Crippen LogP contribution in [0, 0.1) is 0 Å². The third-order valence-electron chi connectivity index (χ3n) is 2.64. The minimum atomic E-state index is -0.781. The first-order valence-corrected chi connectivity index (χ1v) is 4.82. The fraction of sp³-hybridized carbons (Fsp3) is 0.364. The quantitative estimate of drug-likeness (QED) is 0.784. The van der Waals surface area contributed by atoms with Gasteiger partial charge in [0.1, 0.15) is 5.75 Å². The van der Waals surface area contributed by atoms with E-state index in [0.29, 0.717) is 6.54 Å². The van der Waals surface area contributed by atoms with Crippen molar-refractivity contribution in [2.75, 3.05) is 7.11 Å². The second-order valence-corrected chi connectivity index (χ2v) is 3.60. The fourth-order valence-corrected chi connectivity index (χ4v) is 1.90. The van der Waals surface area contributed by atoms with E-state index < -0.39 is 5.97 Å². The number of carboxylic acids is 1. The van der Waals surface area contributed by atoms with Crippen LogP contribution in [0.25, 0.3) is 0 Å². The van der Waals surface area contributed by atoms with E-state index in [2.05, 4.69) is 5.32 Å². The molecule has 0 saturated carbocycles. The Morgan fingerprint density at radius 2 is 2.47 bits per heavy atom. The predicted molar refractivity (Wildman–Crippen MR) is 54.8 cm³/mol. The van der Waals surface area contributed by atoms with E-state index in [0.717, 1.165) is 16.9 Å². The number of fused-ring (bicyclic) bond motifs is 1. The number of benzene rings is 1. The number of rotatable bonds is 3. The van der Waals surface area contributed by atoms with E-state index in [4.69, 9.17) is 9.84 Å². The summed E-state index contributed by atoms with van der Waals surface area (Å²) in [5, 5.41) is 11.9. The Kier molecular flexibility index (Phi) is 2.60. The molecule has 0 aliphatic carbocycles. The molecule has 1 aliphatic rings. The van der Waals surface area contributed by atoms with Gasteiger partial charge in [-0.25, -0.2) is 0 Å². The highest BCUT2D eigenvalue weighted by Crippen LogP contribution is 2.30. The van der Waals surface area contributed by atoms with Gasteiger partial charge in [0.15, 0.2) is 0 Å². The molecule has 0 fully saturated rings. The molecule has 1 aliphatic heterocycles. The summed E-state index contributed by atoms with van der Waals surface area (Å²) in [4.78, 5) is 10.6. The van der Waals surface area contributed by atoms with Gasteiger partial charge in [-0.3, -0.25) is 4.79 Å². The summed E-state index contributed by atoms with van der Waals surface area (Å²) >= 11 is 0. The van der Waals surface area contributed by atoms with Gasteiger partial charge < -0.3 is 15.2 Å². The summed E-state index contributed by atoms with van der Waals surface area (Å²) in [6, 6.07) is 5.68. The van der Waals surface area contributed by atoms with Crippen LogP contribution in [-0.4, -0.2) is 18.2 Å². The van der Waals surface area contributed by atoms with Gasteiger partial charge >= 0.3 is 5.97 Å². The summed E-state index contributed by atoms with van der Waals surface area (Å²) in [6.45, 7) is 0.713. The summed E-state index contributed by atoms with van der Waals surface area (Å²) in [7, 11) is 1.62. The molecular formula is C11H13NO3. The fourth-order valence-electron chi connectivity index (χ4n) is 1.90. The lowest BCUT2D eigenvalue weighted by Crippen LogP contribution is -2.15. The van der Waals surface area contributed by atoms with Crippen molar-refractivity contribution >= 4 is 5.97 Å². The van der Waals surface area contributed by atoms with E-state index in [9.17, 15) is 4.79 Å². The molecule has 1 unspecified atom stereocenters. The second-order valence-electron chi connectivity index (χ2n) is 3.60. The number of hydrogen-bond donors (Lipinski definition) is 2. The molecule has 1 aromatic carbocycles. The summed E-state index contributed by atoms with van der Waals surface area (Å²) in [5.41, 5.74) is 2.19. The molecule has 2 N–H and O–H groups in total. The molecule has 0 aromatic heterocycles. The zero-order chi connectivity index (χ0) is 10.8. The molecule has 0 radical (unpaired) electrons. The maximum absolute atomic E-state index is 10.6. The van der Waals surface area contributed by atoms with E-state index in [1.165, 1.54) is 0 Å². The molecule has 4 heteroatoms. The maximum atomic E-state index is 10.6. The number of hydrogen-bond acceptors (Lipinski definition) is 3. The van der Waals surface area contributed by atoms with Crippen molar-refractivity contribution in [2.24, 2.45) is 0 Å². The molecule has 1 heterocycles. The lowest BCUT2D eigenvalue weighted by molar-refractivity contribution is -0.137. The summed E-state index contributed by atoms with van der Waals surface area (Å²) in [5.74, 6) is 0.0303. The average molecular weight is 207 g/mol. The van der Waals surface area contributed by atoms with Crippen LogP contribution in [0.5, 0.6) is 5.75 Å². The number of methoxy groups -OCH3 is 1. The lowest BCUT2D eigenvalue weighted by atomic mass is 10.0. The molecule has 1 aromatic rings. The molecule has 0 spiro atoms. The van der Waals surface area contributed by atoms with Crippen molar-refractivity contribution in [3.05, 3.63) is 29.3 Å². The molecule has 15 heavy (non-hydrogen) atoms. The Morgan fingerprint density at radius 1 is 1.67 bits per heavy atom. The van der Waals surface area contributed by atoms with Gasteiger partial charge in [-0.15, -0.1) is 0 Å². The van der Waals surface area contributed by atoms with Gasteiger partial charge in [-0.1, -0.05) is 6.07 Å². The maximum Gasteiger partial charge on any atom is 0.305 e. The van der Waals surface area contributed by atoms with E-state index in [1.807, 2.05) is 18.2 Å². The first kappa shape index (κ1) is 9.98. The van der Waals surface area contributed by atoms with Crippen molar-refractivity contribution in [3.8, 4) is 5.75 Å². The Bertz CT molecular complexity index is 389. The summed E-state index contributed by atoms with van der Waals surface area (Å²) < 4.78 is 5.11. The lowest BCUT2D eigenvalue weighted by Gasteiger charge is -2.09. The monoisotopic (exact) mass is 207 g/mol. The van der Waals surface area contributed by atoms with Crippen molar-refractivity contribution in [2.45, 2.75) is 19.0 Å². The van der Waals surface area contributed by atoms with Crippen molar-refractivity contribution in [1.29, 1.82) is 0 Å². The average Bonchev–Trinajstić information content (AvgIpc) is 2.60. The smallest absolute Gasteiger partial charge is 0.305 e. The van der Waals surface area contributed by atoms with E-state index in [-0.39, 0.29) is 12.5 Å². The molecule has 80 valence electrons. The van der Waals surface area contributed by atoms with Gasteiger partial charge in [-0.2, -0.15) is 0 Å². The topological polar surface area (TPSA) is 58.6 Å². The second kappa shape index (κ2) is 3.90.